The summed E-state index contributed by atoms with van der Waals surface area (Å²) in [7, 11) is 0. The first-order chi connectivity index (χ1) is 5.38. The van der Waals surface area contributed by atoms with Crippen LogP contribution in [0.3, 0.4) is 0 Å². The van der Waals surface area contributed by atoms with Crippen molar-refractivity contribution in [3.63, 3.8) is 0 Å². The summed E-state index contributed by atoms with van der Waals surface area (Å²) in [5, 5.41) is 0. The van der Waals surface area contributed by atoms with Gasteiger partial charge in [0.2, 0.25) is 0 Å². The molecule has 0 N–H and O–H groups in total. The molecule has 0 heterocycles. The summed E-state index contributed by atoms with van der Waals surface area (Å²) in [5.74, 6) is 0. The van der Waals surface area contributed by atoms with Gasteiger partial charge in [0, 0.05) is 0 Å². The Kier molecular flexibility index (Phi) is 1.69. The van der Waals surface area contributed by atoms with Gasteiger partial charge >= 0.3 is 0 Å². The first-order valence-electron chi connectivity index (χ1n) is 4.24. The van der Waals surface area contributed by atoms with Gasteiger partial charge in [-0.1, -0.05) is 18.2 Å². The summed E-state index contributed by atoms with van der Waals surface area (Å²) in [6.07, 6.45) is 5.04. The van der Waals surface area contributed by atoms with E-state index in [0.717, 1.165) is 5.56 Å². The lowest BCUT2D eigenvalue weighted by atomic mass is 9.89. The van der Waals surface area contributed by atoms with Crippen molar-refractivity contribution in [3.8, 4) is 0 Å². The number of aryl methyl sites for hydroxylation is 1. The van der Waals surface area contributed by atoms with Crippen LogP contribution in [-0.2, 0) is 12.8 Å². The van der Waals surface area contributed by atoms with E-state index < -0.39 is 0 Å². The molecule has 0 unspecified atom stereocenters. The second kappa shape index (κ2) is 2.69. The van der Waals surface area contributed by atoms with Crippen LogP contribution in [0.2, 0.25) is 0 Å². The van der Waals surface area contributed by atoms with Gasteiger partial charge in [0.05, 0.1) is 0 Å². The smallest absolute Gasteiger partial charge is 0.000901 e. The van der Waals surface area contributed by atoms with Crippen LogP contribution in [0.1, 0.15) is 29.5 Å². The van der Waals surface area contributed by atoms with Crippen molar-refractivity contribution < 1.29 is 0 Å². The molecule has 0 bridgehead atoms. The van der Waals surface area contributed by atoms with E-state index in [0.29, 0.717) is 0 Å². The second-order valence-electron chi connectivity index (χ2n) is 3.19. The first-order valence-corrected chi connectivity index (χ1v) is 4.24. The molecule has 1 aliphatic rings. The van der Waals surface area contributed by atoms with Crippen LogP contribution in [0, 0.1) is 6.92 Å². The number of hydrogen-bond acceptors (Lipinski definition) is 0. The van der Waals surface area contributed by atoms with Crippen molar-refractivity contribution in [1.82, 2.24) is 0 Å². The Labute approximate surface area is 68.3 Å². The van der Waals surface area contributed by atoms with Crippen LogP contribution in [0.25, 0.3) is 0 Å². The van der Waals surface area contributed by atoms with E-state index in [4.69, 9.17) is 6.92 Å². The van der Waals surface area contributed by atoms with Crippen molar-refractivity contribution in [3.05, 3.63) is 41.8 Å². The average molecular weight is 144 g/mol. The van der Waals surface area contributed by atoms with Crippen molar-refractivity contribution >= 4 is 0 Å². The molecule has 0 fully saturated rings. The molecule has 2 radical (unpaired) electrons. The molecule has 56 valence electrons. The lowest BCUT2D eigenvalue weighted by Crippen LogP contribution is -2.03. The van der Waals surface area contributed by atoms with Crippen molar-refractivity contribution in [2.45, 2.75) is 25.7 Å². The molecular formula is C11H12. The molecule has 2 rings (SSSR count). The molecular weight excluding hydrogens is 132 g/mol. The Morgan fingerprint density at radius 2 is 1.91 bits per heavy atom. The number of hydrogen-bond donors (Lipinski definition) is 0. The lowest BCUT2D eigenvalue weighted by Gasteiger charge is -2.16. The van der Waals surface area contributed by atoms with Gasteiger partial charge in [0.25, 0.3) is 0 Å². The normalized spacial score (nSPS) is 16.1. The van der Waals surface area contributed by atoms with E-state index in [1.165, 1.54) is 36.8 Å². The van der Waals surface area contributed by atoms with Crippen molar-refractivity contribution in [2.75, 3.05) is 0 Å². The number of rotatable bonds is 0. The average Bonchev–Trinajstić information content (AvgIpc) is 2.06. The van der Waals surface area contributed by atoms with E-state index in [1.807, 2.05) is 6.07 Å². The SMILES string of the molecule is [CH]c1cccc2c1CCCC2. The molecule has 0 nitrogen and oxygen atoms in total. The van der Waals surface area contributed by atoms with E-state index in [1.54, 1.807) is 0 Å². The standard InChI is InChI=1S/C11H12/c1-9-5-4-7-10-6-2-3-8-11(9)10/h1,4-5,7H,2-3,6,8H2. The zero-order chi connectivity index (χ0) is 7.68. The molecule has 0 saturated heterocycles. The van der Waals surface area contributed by atoms with Gasteiger partial charge in [0.15, 0.2) is 0 Å². The zero-order valence-corrected chi connectivity index (χ0v) is 6.64. The van der Waals surface area contributed by atoms with Gasteiger partial charge < -0.3 is 0 Å². The minimum atomic E-state index is 0.988. The molecule has 0 spiro atoms. The molecule has 0 heteroatoms. The predicted octanol–water partition coefficient (Wildman–Crippen LogP) is 2.62. The minimum absolute atomic E-state index is 0.988. The molecule has 1 aliphatic carbocycles. The second-order valence-corrected chi connectivity index (χ2v) is 3.19. The van der Waals surface area contributed by atoms with Gasteiger partial charge in [-0.05, 0) is 49.3 Å². The zero-order valence-electron chi connectivity index (χ0n) is 6.64. The maximum atomic E-state index is 5.84. The largest absolute Gasteiger partial charge is 0.0617 e. The van der Waals surface area contributed by atoms with Crippen LogP contribution in [0.15, 0.2) is 18.2 Å². The van der Waals surface area contributed by atoms with E-state index in [9.17, 15) is 0 Å². The molecule has 1 aromatic rings. The summed E-state index contributed by atoms with van der Waals surface area (Å²) in [4.78, 5) is 0. The number of benzene rings is 1. The minimum Gasteiger partial charge on any atom is -0.0617 e. The van der Waals surface area contributed by atoms with E-state index in [2.05, 4.69) is 12.1 Å². The monoisotopic (exact) mass is 144 g/mol. The highest BCUT2D eigenvalue weighted by Gasteiger charge is 2.09. The van der Waals surface area contributed by atoms with Crippen LogP contribution in [0.4, 0.5) is 0 Å². The molecule has 1 aromatic carbocycles. The van der Waals surface area contributed by atoms with Crippen LogP contribution >= 0.6 is 0 Å². The van der Waals surface area contributed by atoms with Gasteiger partial charge in [-0.15, -0.1) is 0 Å². The summed E-state index contributed by atoms with van der Waals surface area (Å²) in [5.41, 5.74) is 3.86. The quantitative estimate of drug-likeness (QED) is 0.525. The predicted molar refractivity (Wildman–Crippen MR) is 46.5 cm³/mol. The third kappa shape index (κ3) is 1.18. The Balaban J connectivity index is 2.49. The molecule has 0 atom stereocenters. The maximum Gasteiger partial charge on any atom is -0.000901 e. The van der Waals surface area contributed by atoms with E-state index in [-0.39, 0.29) is 0 Å². The lowest BCUT2D eigenvalue weighted by molar-refractivity contribution is 0.684. The van der Waals surface area contributed by atoms with Gasteiger partial charge in [0.1, 0.15) is 0 Å². The summed E-state index contributed by atoms with van der Waals surface area (Å²) in [6, 6.07) is 6.26. The van der Waals surface area contributed by atoms with Crippen molar-refractivity contribution in [2.24, 2.45) is 0 Å². The molecule has 11 heavy (non-hydrogen) atoms. The highest BCUT2D eigenvalue weighted by molar-refractivity contribution is 5.38. The fourth-order valence-electron chi connectivity index (χ4n) is 1.81. The van der Waals surface area contributed by atoms with Crippen LogP contribution < -0.4 is 0 Å². The highest BCUT2D eigenvalue weighted by Crippen LogP contribution is 2.23. The van der Waals surface area contributed by atoms with Crippen LogP contribution in [0.5, 0.6) is 0 Å². The Hall–Kier alpha value is -0.780. The summed E-state index contributed by atoms with van der Waals surface area (Å²) >= 11 is 0. The topological polar surface area (TPSA) is 0 Å². The molecule has 0 amide bonds. The van der Waals surface area contributed by atoms with Gasteiger partial charge in [-0.25, -0.2) is 0 Å². The van der Waals surface area contributed by atoms with Gasteiger partial charge in [-0.3, -0.25) is 0 Å². The van der Waals surface area contributed by atoms with E-state index >= 15 is 0 Å². The Morgan fingerprint density at radius 3 is 2.73 bits per heavy atom. The Morgan fingerprint density at radius 1 is 1.09 bits per heavy atom. The molecule has 0 saturated carbocycles. The number of fused-ring (bicyclic) bond motifs is 1. The van der Waals surface area contributed by atoms with Crippen molar-refractivity contribution in [1.29, 1.82) is 0 Å². The summed E-state index contributed by atoms with van der Waals surface area (Å²) < 4.78 is 0. The highest BCUT2D eigenvalue weighted by atomic mass is 14.1. The molecule has 0 aromatic heterocycles. The fourth-order valence-corrected chi connectivity index (χ4v) is 1.81. The molecule has 0 aliphatic heterocycles. The Bertz CT molecular complexity index is 261. The third-order valence-corrected chi connectivity index (χ3v) is 2.43. The first kappa shape index (κ1) is 6.90. The fraction of sp³-hybridized carbons (Fsp3) is 0.364. The maximum absolute atomic E-state index is 5.84. The third-order valence-electron chi connectivity index (χ3n) is 2.43. The summed E-state index contributed by atoms with van der Waals surface area (Å²) in [6.45, 7) is 5.84. The van der Waals surface area contributed by atoms with Crippen LogP contribution in [-0.4, -0.2) is 0 Å². The van der Waals surface area contributed by atoms with Gasteiger partial charge in [-0.2, -0.15) is 0 Å².